The van der Waals surface area contributed by atoms with Crippen molar-refractivity contribution in [3.63, 3.8) is 0 Å². The number of hydrogen-bond donors (Lipinski definition) is 0. The molecule has 208 valence electrons. The number of hydrogen-bond acceptors (Lipinski definition) is 0. The Hall–Kier alpha value is -1.60. The summed E-state index contributed by atoms with van der Waals surface area (Å²) in [5.74, 6) is 2.53. The van der Waals surface area contributed by atoms with Crippen LogP contribution in [0.1, 0.15) is 128 Å². The average molecular weight is 537 g/mol. The van der Waals surface area contributed by atoms with Crippen molar-refractivity contribution in [1.82, 2.24) is 0 Å². The van der Waals surface area contributed by atoms with E-state index in [1.165, 1.54) is 94.6 Å². The van der Waals surface area contributed by atoms with E-state index in [-0.39, 0.29) is 5.82 Å². The normalized spacial score (nSPS) is 21.9. The van der Waals surface area contributed by atoms with Crippen LogP contribution in [0.3, 0.4) is 0 Å². The van der Waals surface area contributed by atoms with Gasteiger partial charge in [0.15, 0.2) is 0 Å². The van der Waals surface area contributed by atoms with Crippen LogP contribution in [-0.2, 0) is 6.42 Å². The highest BCUT2D eigenvalue weighted by atomic mass is 35.5. The Morgan fingerprint density at radius 1 is 0.737 bits per heavy atom. The number of allylic oxidation sites excluding steroid dienone is 2. The van der Waals surface area contributed by atoms with Gasteiger partial charge in [-0.3, -0.25) is 0 Å². The molecule has 2 heteroatoms. The standard InChI is InChI=1S/C36H50ClF/c1-3-5-7-8-10-11-27-13-15-28(16-14-27)29-17-19-30(20-18-29)31-21-23-32(24-22-31)34-26-25-33(12-9-6-4-2)35(37)36(34)38/h19,21-29H,3-18,20H2,1-2H3. The van der Waals surface area contributed by atoms with Crippen LogP contribution in [0.4, 0.5) is 4.39 Å². The molecule has 2 aromatic carbocycles. The summed E-state index contributed by atoms with van der Waals surface area (Å²) in [6, 6.07) is 12.4. The molecule has 0 aromatic heterocycles. The largest absolute Gasteiger partial charge is 0.205 e. The maximum atomic E-state index is 15.1. The van der Waals surface area contributed by atoms with Crippen LogP contribution in [-0.4, -0.2) is 0 Å². The first-order chi connectivity index (χ1) is 18.6. The third-order valence-corrected chi connectivity index (χ3v) is 9.91. The second-order valence-corrected chi connectivity index (χ2v) is 12.6. The highest BCUT2D eigenvalue weighted by Crippen LogP contribution is 2.42. The van der Waals surface area contributed by atoms with E-state index >= 15 is 4.39 Å². The Balaban J connectivity index is 1.27. The summed E-state index contributed by atoms with van der Waals surface area (Å²) in [5.41, 5.74) is 5.20. The van der Waals surface area contributed by atoms with Crippen molar-refractivity contribution in [1.29, 1.82) is 0 Å². The predicted molar refractivity (Wildman–Crippen MR) is 164 cm³/mol. The number of rotatable bonds is 13. The van der Waals surface area contributed by atoms with Gasteiger partial charge < -0.3 is 0 Å². The van der Waals surface area contributed by atoms with Crippen LogP contribution in [0.5, 0.6) is 0 Å². The lowest BCUT2D eigenvalue weighted by Crippen LogP contribution is -2.23. The van der Waals surface area contributed by atoms with Crippen molar-refractivity contribution in [3.8, 4) is 11.1 Å². The molecular formula is C36H50ClF. The van der Waals surface area contributed by atoms with Crippen molar-refractivity contribution in [2.75, 3.05) is 0 Å². The van der Waals surface area contributed by atoms with Gasteiger partial charge in [-0.1, -0.05) is 132 Å². The molecule has 1 unspecified atom stereocenters. The van der Waals surface area contributed by atoms with Crippen molar-refractivity contribution in [3.05, 3.63) is 64.4 Å². The maximum Gasteiger partial charge on any atom is 0.149 e. The minimum atomic E-state index is -0.278. The molecule has 0 amide bonds. The summed E-state index contributed by atoms with van der Waals surface area (Å²) in [6.07, 6.45) is 24.8. The Bertz CT molecular complexity index is 1010. The second kappa shape index (κ2) is 15.3. The van der Waals surface area contributed by atoms with E-state index in [4.69, 9.17) is 11.6 Å². The quantitative estimate of drug-likeness (QED) is 0.223. The highest BCUT2D eigenvalue weighted by molar-refractivity contribution is 6.31. The van der Waals surface area contributed by atoms with Crippen LogP contribution in [0.2, 0.25) is 5.02 Å². The molecule has 1 atom stereocenters. The minimum Gasteiger partial charge on any atom is -0.205 e. The molecule has 0 N–H and O–H groups in total. The van der Waals surface area contributed by atoms with Gasteiger partial charge in [0.25, 0.3) is 0 Å². The summed E-state index contributed by atoms with van der Waals surface area (Å²) in [5, 5.41) is 0.296. The van der Waals surface area contributed by atoms with Crippen LogP contribution >= 0.6 is 11.6 Å². The van der Waals surface area contributed by atoms with Gasteiger partial charge in [-0.2, -0.15) is 0 Å². The minimum absolute atomic E-state index is 0.278. The van der Waals surface area contributed by atoms with Gasteiger partial charge in [-0.05, 0) is 85.0 Å². The molecule has 0 spiro atoms. The molecule has 1 fully saturated rings. The van der Waals surface area contributed by atoms with E-state index in [1.807, 2.05) is 12.1 Å². The summed E-state index contributed by atoms with van der Waals surface area (Å²) < 4.78 is 15.1. The number of aryl methyl sites for hydroxylation is 1. The molecule has 2 aliphatic rings. The van der Waals surface area contributed by atoms with E-state index in [2.05, 4.69) is 44.2 Å². The molecule has 0 saturated heterocycles. The number of benzene rings is 2. The Kier molecular flexibility index (Phi) is 11.8. The first-order valence-electron chi connectivity index (χ1n) is 15.9. The zero-order chi connectivity index (χ0) is 26.7. The molecule has 38 heavy (non-hydrogen) atoms. The summed E-state index contributed by atoms with van der Waals surface area (Å²) in [4.78, 5) is 0. The highest BCUT2D eigenvalue weighted by Gasteiger charge is 2.28. The van der Waals surface area contributed by atoms with Crippen molar-refractivity contribution < 1.29 is 4.39 Å². The molecule has 0 bridgehead atoms. The zero-order valence-electron chi connectivity index (χ0n) is 24.1. The SMILES string of the molecule is CCCCCCCC1CCC(C2CC=C(c3ccc(-c4ccc(CCCCC)c(Cl)c4F)cc3)CC2)CC1. The predicted octanol–water partition coefficient (Wildman–Crippen LogP) is 12.2. The van der Waals surface area contributed by atoms with Crippen LogP contribution in [0.15, 0.2) is 42.5 Å². The Morgan fingerprint density at radius 2 is 1.42 bits per heavy atom. The summed E-state index contributed by atoms with van der Waals surface area (Å²) >= 11 is 6.42. The third-order valence-electron chi connectivity index (χ3n) is 9.50. The zero-order valence-corrected chi connectivity index (χ0v) is 24.8. The van der Waals surface area contributed by atoms with Gasteiger partial charge in [-0.15, -0.1) is 0 Å². The average Bonchev–Trinajstić information content (AvgIpc) is 2.96. The van der Waals surface area contributed by atoms with Gasteiger partial charge in [-0.25, -0.2) is 4.39 Å². The summed E-state index contributed by atoms with van der Waals surface area (Å²) in [6.45, 7) is 4.48. The molecule has 0 nitrogen and oxygen atoms in total. The second-order valence-electron chi connectivity index (χ2n) is 12.2. The Morgan fingerprint density at radius 3 is 2.11 bits per heavy atom. The lowest BCUT2D eigenvalue weighted by Gasteiger charge is -2.35. The smallest absolute Gasteiger partial charge is 0.149 e. The maximum absolute atomic E-state index is 15.1. The van der Waals surface area contributed by atoms with Gasteiger partial charge in [0.1, 0.15) is 5.82 Å². The van der Waals surface area contributed by atoms with Gasteiger partial charge in [0.05, 0.1) is 5.02 Å². The summed E-state index contributed by atoms with van der Waals surface area (Å²) in [7, 11) is 0. The van der Waals surface area contributed by atoms with E-state index in [0.29, 0.717) is 10.6 Å². The number of halogens is 2. The van der Waals surface area contributed by atoms with E-state index < -0.39 is 0 Å². The number of unbranched alkanes of at least 4 members (excludes halogenated alkanes) is 6. The van der Waals surface area contributed by atoms with Gasteiger partial charge in [0.2, 0.25) is 0 Å². The lowest BCUT2D eigenvalue weighted by atomic mass is 9.70. The molecule has 0 aliphatic heterocycles. The first kappa shape index (κ1) is 29.4. The van der Waals surface area contributed by atoms with E-state index in [0.717, 1.165) is 54.6 Å². The Labute approximate surface area is 237 Å². The fourth-order valence-electron chi connectivity index (χ4n) is 6.96. The van der Waals surface area contributed by atoms with Gasteiger partial charge in [0, 0.05) is 5.56 Å². The lowest BCUT2D eigenvalue weighted by molar-refractivity contribution is 0.187. The van der Waals surface area contributed by atoms with Crippen molar-refractivity contribution in [2.24, 2.45) is 17.8 Å². The van der Waals surface area contributed by atoms with Crippen LogP contribution in [0.25, 0.3) is 16.7 Å². The first-order valence-corrected chi connectivity index (χ1v) is 16.2. The molecule has 0 heterocycles. The van der Waals surface area contributed by atoms with Crippen LogP contribution in [0, 0.1) is 23.6 Å². The fraction of sp³-hybridized carbons (Fsp3) is 0.611. The van der Waals surface area contributed by atoms with E-state index in [1.54, 1.807) is 0 Å². The molecule has 0 radical (unpaired) electrons. The third kappa shape index (κ3) is 7.97. The topological polar surface area (TPSA) is 0 Å². The van der Waals surface area contributed by atoms with Crippen LogP contribution < -0.4 is 0 Å². The molecule has 4 rings (SSSR count). The molecule has 2 aliphatic carbocycles. The fourth-order valence-corrected chi connectivity index (χ4v) is 7.22. The molecule has 1 saturated carbocycles. The van der Waals surface area contributed by atoms with Crippen molar-refractivity contribution >= 4 is 17.2 Å². The molecular weight excluding hydrogens is 487 g/mol. The van der Waals surface area contributed by atoms with Gasteiger partial charge >= 0.3 is 0 Å². The molecule has 2 aromatic rings. The monoisotopic (exact) mass is 536 g/mol. The van der Waals surface area contributed by atoms with E-state index in [9.17, 15) is 0 Å². The van der Waals surface area contributed by atoms with Crippen molar-refractivity contribution in [2.45, 2.75) is 123 Å².